The molecule has 11 nitrogen and oxygen atoms in total. The molecule has 0 fully saturated rings. The molecule has 1 heterocycles. The van der Waals surface area contributed by atoms with Gasteiger partial charge in [0.25, 0.3) is 11.9 Å². The fourth-order valence-electron chi connectivity index (χ4n) is 3.70. The molecular formula is C32H39F4N5O6. The SMILES string of the molecule is CC(NC(=O)OC(C)(C)C)C(=O)NCCCCC(NC(=O)OC(C)(C)C)C(=O)Nc1ccc(C#Cc2c(F)c(F)nc(F)c2F)cc1. The van der Waals surface area contributed by atoms with Gasteiger partial charge in [0.2, 0.25) is 11.8 Å². The smallest absolute Gasteiger partial charge is 0.408 e. The molecule has 0 aliphatic rings. The van der Waals surface area contributed by atoms with Gasteiger partial charge in [-0.2, -0.15) is 13.8 Å². The lowest BCUT2D eigenvalue weighted by molar-refractivity contribution is -0.123. The Balaban J connectivity index is 2.00. The number of amides is 4. The third-order valence-corrected chi connectivity index (χ3v) is 5.83. The van der Waals surface area contributed by atoms with Gasteiger partial charge in [-0.3, -0.25) is 9.59 Å². The zero-order valence-corrected chi connectivity index (χ0v) is 27.2. The number of hydrogen-bond donors (Lipinski definition) is 4. The number of aromatic nitrogens is 1. The van der Waals surface area contributed by atoms with E-state index in [0.29, 0.717) is 12.8 Å². The second kappa shape index (κ2) is 16.6. The Morgan fingerprint density at radius 3 is 1.85 bits per heavy atom. The summed E-state index contributed by atoms with van der Waals surface area (Å²) in [6.07, 6.45) is -0.535. The van der Waals surface area contributed by atoms with Crippen LogP contribution in [0.1, 0.15) is 78.9 Å². The van der Waals surface area contributed by atoms with E-state index in [-0.39, 0.29) is 24.2 Å². The Morgan fingerprint density at radius 1 is 0.787 bits per heavy atom. The normalized spacial score (nSPS) is 12.5. The molecule has 1 aromatic carbocycles. The van der Waals surface area contributed by atoms with E-state index in [1.807, 2.05) is 5.92 Å². The second-order valence-corrected chi connectivity index (χ2v) is 12.4. The van der Waals surface area contributed by atoms with Crippen LogP contribution in [0.5, 0.6) is 0 Å². The van der Waals surface area contributed by atoms with Gasteiger partial charge in [-0.1, -0.05) is 11.8 Å². The molecule has 1 aromatic heterocycles. The highest BCUT2D eigenvalue weighted by Gasteiger charge is 2.25. The first-order valence-corrected chi connectivity index (χ1v) is 14.7. The topological polar surface area (TPSA) is 148 Å². The fourth-order valence-corrected chi connectivity index (χ4v) is 3.70. The summed E-state index contributed by atoms with van der Waals surface area (Å²) in [6, 6.07) is 3.76. The van der Waals surface area contributed by atoms with Crippen molar-refractivity contribution in [3.63, 3.8) is 0 Å². The lowest BCUT2D eigenvalue weighted by atomic mass is 10.1. The summed E-state index contributed by atoms with van der Waals surface area (Å²) in [5.41, 5.74) is -2.16. The van der Waals surface area contributed by atoms with E-state index in [1.165, 1.54) is 31.2 Å². The number of rotatable bonds is 10. The quantitative estimate of drug-likeness (QED) is 0.120. The van der Waals surface area contributed by atoms with Crippen LogP contribution in [0.2, 0.25) is 0 Å². The predicted octanol–water partition coefficient (Wildman–Crippen LogP) is 5.07. The first-order valence-electron chi connectivity index (χ1n) is 14.7. The predicted molar refractivity (Wildman–Crippen MR) is 164 cm³/mol. The second-order valence-electron chi connectivity index (χ2n) is 12.4. The number of carbonyl (C=O) groups is 4. The van der Waals surface area contributed by atoms with Crippen LogP contribution >= 0.6 is 0 Å². The van der Waals surface area contributed by atoms with Crippen LogP contribution in [0.4, 0.5) is 32.8 Å². The molecule has 2 rings (SSSR count). The van der Waals surface area contributed by atoms with Crippen LogP contribution in [0.15, 0.2) is 24.3 Å². The van der Waals surface area contributed by atoms with Crippen molar-refractivity contribution in [2.45, 2.75) is 91.0 Å². The Hall–Kier alpha value is -4.87. The zero-order chi connectivity index (χ0) is 35.5. The van der Waals surface area contributed by atoms with Gasteiger partial charge in [0.1, 0.15) is 28.8 Å². The lowest BCUT2D eigenvalue weighted by Gasteiger charge is -2.23. The van der Waals surface area contributed by atoms with Gasteiger partial charge in [-0.05, 0) is 92.0 Å². The Morgan fingerprint density at radius 2 is 1.32 bits per heavy atom. The molecule has 0 aliphatic heterocycles. The van der Waals surface area contributed by atoms with Crippen LogP contribution < -0.4 is 21.3 Å². The number of pyridine rings is 1. The first-order chi connectivity index (χ1) is 21.8. The number of ether oxygens (including phenoxy) is 2. The standard InChI is InChI=1S/C32H39F4N5O6/c1-18(38-29(44)46-31(2,3)4)27(42)37-17-9-8-10-22(40-30(45)47-32(5,6)7)28(43)39-20-14-11-19(12-15-20)13-16-21-23(33)25(35)41-26(36)24(21)34/h11-12,14-15,18,22H,8-10,17H2,1-7H3,(H,37,42)(H,38,44)(H,39,43)(H,40,45). The minimum Gasteiger partial charge on any atom is -0.444 e. The van der Waals surface area contributed by atoms with Gasteiger partial charge in [0, 0.05) is 17.8 Å². The lowest BCUT2D eigenvalue weighted by Crippen LogP contribution is -2.47. The number of nitrogens with one attached hydrogen (secondary N) is 4. The van der Waals surface area contributed by atoms with Crippen LogP contribution in [0.25, 0.3) is 0 Å². The van der Waals surface area contributed by atoms with Crippen molar-refractivity contribution in [1.82, 2.24) is 20.9 Å². The average molecular weight is 666 g/mol. The summed E-state index contributed by atoms with van der Waals surface area (Å²) in [5.74, 6) is -3.69. The van der Waals surface area contributed by atoms with Crippen molar-refractivity contribution in [3.8, 4) is 11.8 Å². The molecule has 4 N–H and O–H groups in total. The third kappa shape index (κ3) is 13.6. The van der Waals surface area contributed by atoms with E-state index in [9.17, 15) is 36.7 Å². The van der Waals surface area contributed by atoms with E-state index in [1.54, 1.807) is 41.5 Å². The van der Waals surface area contributed by atoms with Gasteiger partial charge < -0.3 is 30.7 Å². The summed E-state index contributed by atoms with van der Waals surface area (Å²) in [4.78, 5) is 52.3. The molecule has 2 unspecified atom stereocenters. The molecule has 4 amide bonds. The van der Waals surface area contributed by atoms with Gasteiger partial charge in [-0.15, -0.1) is 0 Å². The highest BCUT2D eigenvalue weighted by molar-refractivity contribution is 5.96. The minimum atomic E-state index is -1.83. The number of alkyl carbamates (subject to hydrolysis) is 2. The number of nitrogens with zero attached hydrogens (tertiary/aromatic N) is 1. The van der Waals surface area contributed by atoms with Crippen molar-refractivity contribution >= 4 is 29.7 Å². The molecule has 2 atom stereocenters. The number of halogens is 4. The van der Waals surface area contributed by atoms with Gasteiger partial charge in [0.15, 0.2) is 11.6 Å². The fraction of sp³-hybridized carbons (Fsp3) is 0.469. The number of benzene rings is 1. The molecular weight excluding hydrogens is 626 g/mol. The number of hydrogen-bond acceptors (Lipinski definition) is 7. The van der Waals surface area contributed by atoms with Crippen molar-refractivity contribution < 1.29 is 46.2 Å². The summed E-state index contributed by atoms with van der Waals surface area (Å²) in [7, 11) is 0. The minimum absolute atomic E-state index is 0.173. The molecule has 256 valence electrons. The van der Waals surface area contributed by atoms with Crippen molar-refractivity contribution in [1.29, 1.82) is 0 Å². The van der Waals surface area contributed by atoms with Crippen LogP contribution in [0.3, 0.4) is 0 Å². The maximum Gasteiger partial charge on any atom is 0.408 e. The monoisotopic (exact) mass is 665 g/mol. The number of unbranched alkanes of at least 4 members (excludes halogenated alkanes) is 1. The van der Waals surface area contributed by atoms with E-state index < -0.39 is 76.4 Å². The van der Waals surface area contributed by atoms with E-state index in [4.69, 9.17) is 9.47 Å². The molecule has 0 radical (unpaired) electrons. The number of carbonyl (C=O) groups excluding carboxylic acids is 4. The van der Waals surface area contributed by atoms with Crippen molar-refractivity contribution in [2.75, 3.05) is 11.9 Å². The maximum absolute atomic E-state index is 13.8. The Bertz CT molecular complexity index is 1490. The highest BCUT2D eigenvalue weighted by Crippen LogP contribution is 2.17. The summed E-state index contributed by atoms with van der Waals surface area (Å²) < 4.78 is 64.7. The molecule has 2 aromatic rings. The molecule has 0 bridgehead atoms. The number of anilines is 1. The van der Waals surface area contributed by atoms with Crippen molar-refractivity contribution in [2.24, 2.45) is 0 Å². The largest absolute Gasteiger partial charge is 0.444 e. The van der Waals surface area contributed by atoms with Crippen LogP contribution in [-0.4, -0.2) is 58.8 Å². The third-order valence-electron chi connectivity index (χ3n) is 5.83. The van der Waals surface area contributed by atoms with Crippen molar-refractivity contribution in [3.05, 3.63) is 58.9 Å². The maximum atomic E-state index is 13.8. The van der Waals surface area contributed by atoms with Gasteiger partial charge in [-0.25, -0.2) is 18.4 Å². The summed E-state index contributed by atoms with van der Waals surface area (Å²) >= 11 is 0. The highest BCUT2D eigenvalue weighted by atomic mass is 19.2. The van der Waals surface area contributed by atoms with Gasteiger partial charge in [0.05, 0.1) is 0 Å². The molecule has 0 saturated heterocycles. The summed E-state index contributed by atoms with van der Waals surface area (Å²) in [5, 5.41) is 10.3. The van der Waals surface area contributed by atoms with Gasteiger partial charge >= 0.3 is 12.2 Å². The Kier molecular flexibility index (Phi) is 13.5. The molecule has 0 spiro atoms. The van der Waals surface area contributed by atoms with Crippen LogP contribution in [-0.2, 0) is 19.1 Å². The van der Waals surface area contributed by atoms with E-state index >= 15 is 0 Å². The molecule has 15 heteroatoms. The first kappa shape index (κ1) is 38.3. The average Bonchev–Trinajstić information content (AvgIpc) is 2.94. The zero-order valence-electron chi connectivity index (χ0n) is 27.2. The van der Waals surface area contributed by atoms with E-state index in [0.717, 1.165) is 0 Å². The molecule has 0 saturated carbocycles. The molecule has 0 aliphatic carbocycles. The summed E-state index contributed by atoms with van der Waals surface area (Å²) in [6.45, 7) is 11.8. The van der Waals surface area contributed by atoms with Crippen LogP contribution in [0, 0.1) is 35.4 Å². The van der Waals surface area contributed by atoms with E-state index in [2.05, 4.69) is 32.2 Å². The molecule has 47 heavy (non-hydrogen) atoms. The Labute approximate surface area is 270 Å².